The molecular weight excluding hydrogens is 300 g/mol. The van der Waals surface area contributed by atoms with E-state index in [4.69, 9.17) is 9.47 Å². The number of aromatic nitrogens is 1. The normalized spacial score (nSPS) is 10.0. The van der Waals surface area contributed by atoms with Crippen LogP contribution in [0.25, 0.3) is 0 Å². The Morgan fingerprint density at radius 1 is 1.41 bits per heavy atom. The molecule has 0 aliphatic carbocycles. The maximum absolute atomic E-state index is 11.9. The van der Waals surface area contributed by atoms with E-state index >= 15 is 0 Å². The van der Waals surface area contributed by atoms with Gasteiger partial charge >= 0.3 is 5.97 Å². The number of nitrogens with one attached hydrogen (secondary N) is 1. The Labute approximate surface area is 133 Å². The zero-order chi connectivity index (χ0) is 15.8. The monoisotopic (exact) mass is 318 g/mol. The first-order valence-electron chi connectivity index (χ1n) is 6.83. The van der Waals surface area contributed by atoms with Crippen LogP contribution in [0.3, 0.4) is 0 Å². The van der Waals surface area contributed by atoms with Crippen LogP contribution in [0.2, 0.25) is 0 Å². The first-order chi connectivity index (χ1) is 10.7. The second-order valence-corrected chi connectivity index (χ2v) is 5.30. The number of nitrogens with zero attached hydrogens (tertiary/aromatic N) is 1. The summed E-state index contributed by atoms with van der Waals surface area (Å²) in [5, 5.41) is 5.40. The number of anilines is 1. The van der Waals surface area contributed by atoms with Gasteiger partial charge in [-0.15, -0.1) is 17.9 Å². The van der Waals surface area contributed by atoms with E-state index in [0.717, 1.165) is 11.3 Å². The molecule has 0 bridgehead atoms. The SMILES string of the molecule is C=CCNc1nc(C(=O)OCCc2ccc(OC)cc2)cs1. The van der Waals surface area contributed by atoms with Gasteiger partial charge in [0.1, 0.15) is 5.75 Å². The second-order valence-electron chi connectivity index (χ2n) is 4.44. The predicted octanol–water partition coefficient (Wildman–Crippen LogP) is 3.15. The third-order valence-corrected chi connectivity index (χ3v) is 3.69. The van der Waals surface area contributed by atoms with Gasteiger partial charge in [0.05, 0.1) is 13.7 Å². The molecule has 22 heavy (non-hydrogen) atoms. The van der Waals surface area contributed by atoms with E-state index < -0.39 is 5.97 Å². The molecule has 5 nitrogen and oxygen atoms in total. The van der Waals surface area contributed by atoms with E-state index in [1.54, 1.807) is 18.6 Å². The van der Waals surface area contributed by atoms with Gasteiger partial charge in [-0.1, -0.05) is 18.2 Å². The molecule has 0 aliphatic heterocycles. The van der Waals surface area contributed by atoms with E-state index in [1.165, 1.54) is 11.3 Å². The van der Waals surface area contributed by atoms with Crippen molar-refractivity contribution in [3.63, 3.8) is 0 Å². The van der Waals surface area contributed by atoms with E-state index in [9.17, 15) is 4.79 Å². The lowest BCUT2D eigenvalue weighted by Crippen LogP contribution is -2.09. The van der Waals surface area contributed by atoms with Crippen LogP contribution in [0.15, 0.2) is 42.3 Å². The molecule has 0 saturated carbocycles. The fourth-order valence-electron chi connectivity index (χ4n) is 1.74. The summed E-state index contributed by atoms with van der Waals surface area (Å²) in [7, 11) is 1.63. The Morgan fingerprint density at radius 2 is 2.18 bits per heavy atom. The third kappa shape index (κ3) is 4.60. The van der Waals surface area contributed by atoms with Gasteiger partial charge in [0.15, 0.2) is 10.8 Å². The van der Waals surface area contributed by atoms with Crippen molar-refractivity contribution < 1.29 is 14.3 Å². The Hall–Kier alpha value is -2.34. The van der Waals surface area contributed by atoms with Crippen molar-refractivity contribution in [2.45, 2.75) is 6.42 Å². The van der Waals surface area contributed by atoms with Crippen molar-refractivity contribution in [1.82, 2.24) is 4.98 Å². The Balaban J connectivity index is 1.79. The number of benzene rings is 1. The van der Waals surface area contributed by atoms with Crippen LogP contribution in [-0.4, -0.2) is 31.2 Å². The van der Waals surface area contributed by atoms with Crippen molar-refractivity contribution >= 4 is 22.4 Å². The van der Waals surface area contributed by atoms with Crippen LogP contribution < -0.4 is 10.1 Å². The molecule has 1 aromatic carbocycles. The number of hydrogen-bond donors (Lipinski definition) is 1. The molecule has 0 unspecified atom stereocenters. The summed E-state index contributed by atoms with van der Waals surface area (Å²) in [5.41, 5.74) is 1.41. The van der Waals surface area contributed by atoms with Gasteiger partial charge in [-0.25, -0.2) is 9.78 Å². The van der Waals surface area contributed by atoms with Gasteiger partial charge in [0, 0.05) is 18.3 Å². The lowest BCUT2D eigenvalue weighted by Gasteiger charge is -2.04. The summed E-state index contributed by atoms with van der Waals surface area (Å²) in [6.07, 6.45) is 2.38. The number of thiazole rings is 1. The van der Waals surface area contributed by atoms with E-state index in [2.05, 4.69) is 16.9 Å². The average Bonchev–Trinajstić information content (AvgIpc) is 3.02. The van der Waals surface area contributed by atoms with Gasteiger partial charge in [0.2, 0.25) is 0 Å². The highest BCUT2D eigenvalue weighted by atomic mass is 32.1. The molecule has 0 radical (unpaired) electrons. The van der Waals surface area contributed by atoms with Crippen LogP contribution in [0, 0.1) is 0 Å². The maximum Gasteiger partial charge on any atom is 0.357 e. The third-order valence-electron chi connectivity index (χ3n) is 2.89. The number of esters is 1. The maximum atomic E-state index is 11.9. The van der Waals surface area contributed by atoms with Crippen LogP contribution in [0.5, 0.6) is 5.75 Å². The fourth-order valence-corrected chi connectivity index (χ4v) is 2.43. The zero-order valence-electron chi connectivity index (χ0n) is 12.4. The fraction of sp³-hybridized carbons (Fsp3) is 0.250. The van der Waals surface area contributed by atoms with Gasteiger partial charge in [-0.05, 0) is 17.7 Å². The summed E-state index contributed by atoms with van der Waals surface area (Å²) >= 11 is 1.37. The zero-order valence-corrected chi connectivity index (χ0v) is 13.2. The van der Waals surface area contributed by atoms with E-state index in [-0.39, 0.29) is 0 Å². The predicted molar refractivity (Wildman–Crippen MR) is 87.8 cm³/mol. The molecule has 1 aromatic heterocycles. The summed E-state index contributed by atoms with van der Waals surface area (Å²) in [4.78, 5) is 16.0. The Morgan fingerprint density at radius 3 is 2.86 bits per heavy atom. The molecule has 1 N–H and O–H groups in total. The lowest BCUT2D eigenvalue weighted by molar-refractivity contribution is 0.0503. The summed E-state index contributed by atoms with van der Waals surface area (Å²) in [6.45, 7) is 4.54. The van der Waals surface area contributed by atoms with E-state index in [0.29, 0.717) is 30.4 Å². The number of carbonyl (C=O) groups excluding carboxylic acids is 1. The molecule has 6 heteroatoms. The molecule has 2 aromatic rings. The van der Waals surface area contributed by atoms with Crippen molar-refractivity contribution in [3.8, 4) is 5.75 Å². The standard InChI is InChI=1S/C16H18N2O3S/c1-3-9-17-16-18-14(11-22-16)15(19)21-10-8-12-4-6-13(20-2)7-5-12/h3-7,11H,1,8-10H2,2H3,(H,17,18). The minimum atomic E-state index is -0.406. The molecule has 1 heterocycles. The van der Waals surface area contributed by atoms with Gasteiger partial charge in [0.25, 0.3) is 0 Å². The van der Waals surface area contributed by atoms with Crippen molar-refractivity contribution in [2.75, 3.05) is 25.6 Å². The number of ether oxygens (including phenoxy) is 2. The van der Waals surface area contributed by atoms with Gasteiger partial charge in [-0.2, -0.15) is 0 Å². The Bertz CT molecular complexity index is 623. The molecule has 0 aliphatic rings. The lowest BCUT2D eigenvalue weighted by atomic mass is 10.1. The minimum Gasteiger partial charge on any atom is -0.497 e. The second kappa shape index (κ2) is 8.19. The first kappa shape index (κ1) is 16.0. The summed E-state index contributed by atoms with van der Waals surface area (Å²) in [5.74, 6) is 0.402. The number of rotatable bonds is 8. The van der Waals surface area contributed by atoms with Crippen molar-refractivity contribution in [2.24, 2.45) is 0 Å². The quantitative estimate of drug-likeness (QED) is 0.598. The van der Waals surface area contributed by atoms with Crippen LogP contribution in [0.1, 0.15) is 16.1 Å². The van der Waals surface area contributed by atoms with E-state index in [1.807, 2.05) is 24.3 Å². The largest absolute Gasteiger partial charge is 0.497 e. The molecular formula is C16H18N2O3S. The van der Waals surface area contributed by atoms with Crippen molar-refractivity contribution in [1.29, 1.82) is 0 Å². The number of hydrogen-bond acceptors (Lipinski definition) is 6. The molecule has 2 rings (SSSR count). The van der Waals surface area contributed by atoms with Crippen molar-refractivity contribution in [3.05, 3.63) is 53.6 Å². The highest BCUT2D eigenvalue weighted by Crippen LogP contribution is 2.16. The molecule has 116 valence electrons. The molecule has 0 amide bonds. The number of methoxy groups -OCH3 is 1. The molecule has 0 atom stereocenters. The molecule has 0 spiro atoms. The Kier molecular flexibility index (Phi) is 5.97. The average molecular weight is 318 g/mol. The molecule has 0 saturated heterocycles. The van der Waals surface area contributed by atoms with Crippen LogP contribution >= 0.6 is 11.3 Å². The minimum absolute atomic E-state index is 0.318. The van der Waals surface area contributed by atoms with Gasteiger partial charge in [-0.3, -0.25) is 0 Å². The van der Waals surface area contributed by atoms with Crippen LogP contribution in [0.4, 0.5) is 5.13 Å². The van der Waals surface area contributed by atoms with Crippen LogP contribution in [-0.2, 0) is 11.2 Å². The summed E-state index contributed by atoms with van der Waals surface area (Å²) in [6, 6.07) is 7.67. The highest BCUT2D eigenvalue weighted by Gasteiger charge is 2.11. The smallest absolute Gasteiger partial charge is 0.357 e. The van der Waals surface area contributed by atoms with Gasteiger partial charge < -0.3 is 14.8 Å². The highest BCUT2D eigenvalue weighted by molar-refractivity contribution is 7.13. The topological polar surface area (TPSA) is 60.5 Å². The first-order valence-corrected chi connectivity index (χ1v) is 7.71. The molecule has 0 fully saturated rings. The summed E-state index contributed by atoms with van der Waals surface area (Å²) < 4.78 is 10.3. The number of carbonyl (C=O) groups is 1.